The molecule has 3 aromatic heterocycles. The zero-order valence-corrected chi connectivity index (χ0v) is 15.5. The molecule has 0 bridgehead atoms. The molecule has 0 atom stereocenters. The van der Waals surface area contributed by atoms with Gasteiger partial charge in [0.15, 0.2) is 0 Å². The van der Waals surface area contributed by atoms with Gasteiger partial charge in [-0.05, 0) is 31.5 Å². The normalized spacial score (nSPS) is 11.2. The quantitative estimate of drug-likeness (QED) is 0.576. The number of aromatic nitrogens is 2. The highest BCUT2D eigenvalue weighted by Crippen LogP contribution is 2.29. The van der Waals surface area contributed by atoms with Crippen molar-refractivity contribution in [3.8, 4) is 11.4 Å². The molecule has 4 aromatic rings. The van der Waals surface area contributed by atoms with Gasteiger partial charge in [-0.1, -0.05) is 30.3 Å². The molecular weight excluding hydrogens is 364 g/mol. The van der Waals surface area contributed by atoms with Gasteiger partial charge < -0.3 is 9.52 Å². The van der Waals surface area contributed by atoms with Gasteiger partial charge in [0.05, 0.1) is 11.9 Å². The molecule has 6 nitrogen and oxygen atoms in total. The molecule has 0 amide bonds. The Bertz CT molecular complexity index is 1220. The number of carbonyl (C=O) groups is 1. The van der Waals surface area contributed by atoms with E-state index in [0.29, 0.717) is 21.8 Å². The summed E-state index contributed by atoms with van der Waals surface area (Å²) in [5, 5.41) is 9.66. The monoisotopic (exact) mass is 380 g/mol. The lowest BCUT2D eigenvalue weighted by Crippen LogP contribution is -2.24. The highest BCUT2D eigenvalue weighted by molar-refractivity contribution is 7.18. The van der Waals surface area contributed by atoms with E-state index >= 15 is 0 Å². The van der Waals surface area contributed by atoms with Crippen molar-refractivity contribution < 1.29 is 14.3 Å². The predicted molar refractivity (Wildman–Crippen MR) is 104 cm³/mol. The maximum Gasteiger partial charge on any atom is 0.371 e. The molecule has 0 unspecified atom stereocenters. The molecule has 0 aliphatic rings. The fourth-order valence-electron chi connectivity index (χ4n) is 3.02. The lowest BCUT2D eigenvalue weighted by atomic mass is 10.2. The molecular formula is C20H16N2O4S. The highest BCUT2D eigenvalue weighted by Gasteiger charge is 2.19. The second-order valence-electron chi connectivity index (χ2n) is 6.23. The van der Waals surface area contributed by atoms with Crippen molar-refractivity contribution in [2.75, 3.05) is 0 Å². The van der Waals surface area contributed by atoms with E-state index in [2.05, 4.69) is 0 Å². The van der Waals surface area contributed by atoms with Gasteiger partial charge >= 0.3 is 5.97 Å². The summed E-state index contributed by atoms with van der Waals surface area (Å²) in [6.45, 7) is 3.99. The number of thiophene rings is 1. The van der Waals surface area contributed by atoms with Crippen LogP contribution in [0, 0.1) is 13.8 Å². The van der Waals surface area contributed by atoms with Crippen LogP contribution in [0.3, 0.4) is 0 Å². The largest absolute Gasteiger partial charge is 0.475 e. The molecule has 1 aromatic carbocycles. The first-order chi connectivity index (χ1) is 13.0. The average Bonchev–Trinajstić information content (AvgIpc) is 3.23. The first-order valence-corrected chi connectivity index (χ1v) is 9.15. The summed E-state index contributed by atoms with van der Waals surface area (Å²) >= 11 is 1.50. The van der Waals surface area contributed by atoms with Crippen LogP contribution >= 0.6 is 11.3 Å². The van der Waals surface area contributed by atoms with Gasteiger partial charge in [-0.15, -0.1) is 11.3 Å². The second kappa shape index (κ2) is 6.51. The van der Waals surface area contributed by atoms with Gasteiger partial charge in [-0.2, -0.15) is 0 Å². The third-order valence-corrected chi connectivity index (χ3v) is 5.61. The number of aromatic carboxylic acids is 1. The molecule has 0 spiro atoms. The average molecular weight is 380 g/mol. The maximum absolute atomic E-state index is 13.3. The van der Waals surface area contributed by atoms with E-state index in [1.165, 1.54) is 17.4 Å². The first kappa shape index (κ1) is 17.2. The van der Waals surface area contributed by atoms with E-state index in [0.717, 1.165) is 16.0 Å². The van der Waals surface area contributed by atoms with Crippen molar-refractivity contribution in [3.63, 3.8) is 0 Å². The summed E-state index contributed by atoms with van der Waals surface area (Å²) in [5.74, 6) is -0.384. The summed E-state index contributed by atoms with van der Waals surface area (Å²) in [6, 6.07) is 12.4. The standard InChI is InChI=1S/C20H16N2O4S/c1-11-12(2)27-18-16(11)19(23)22(10-14-8-9-15(26-14)20(24)25)17(21-18)13-6-4-3-5-7-13/h3-9H,10H2,1-2H3,(H,24,25). The highest BCUT2D eigenvalue weighted by atomic mass is 32.1. The second-order valence-corrected chi connectivity index (χ2v) is 7.43. The Morgan fingerprint density at radius 1 is 1.19 bits per heavy atom. The number of aryl methyl sites for hydroxylation is 2. The predicted octanol–water partition coefficient (Wildman–Crippen LogP) is 4.08. The Hall–Kier alpha value is -3.19. The Balaban J connectivity index is 1.95. The minimum absolute atomic E-state index is 0.105. The van der Waals surface area contributed by atoms with E-state index in [-0.39, 0.29) is 17.9 Å². The summed E-state index contributed by atoms with van der Waals surface area (Å²) in [6.07, 6.45) is 0. The third-order valence-electron chi connectivity index (χ3n) is 4.51. The number of fused-ring (bicyclic) bond motifs is 1. The SMILES string of the molecule is Cc1sc2nc(-c3ccccc3)n(Cc3ccc(C(=O)O)o3)c(=O)c2c1C. The molecule has 3 heterocycles. The van der Waals surface area contributed by atoms with E-state index in [1.54, 1.807) is 10.6 Å². The molecule has 0 saturated carbocycles. The lowest BCUT2D eigenvalue weighted by molar-refractivity contribution is 0.0660. The molecule has 0 saturated heterocycles. The number of carboxylic acid groups (broad SMARTS) is 1. The Morgan fingerprint density at radius 3 is 2.59 bits per heavy atom. The molecule has 0 aliphatic carbocycles. The summed E-state index contributed by atoms with van der Waals surface area (Å²) < 4.78 is 6.90. The molecule has 27 heavy (non-hydrogen) atoms. The van der Waals surface area contributed by atoms with Crippen LogP contribution in [-0.2, 0) is 6.54 Å². The van der Waals surface area contributed by atoms with E-state index < -0.39 is 5.97 Å². The first-order valence-electron chi connectivity index (χ1n) is 8.33. The zero-order valence-electron chi connectivity index (χ0n) is 14.7. The van der Waals surface area contributed by atoms with E-state index in [9.17, 15) is 9.59 Å². The lowest BCUT2D eigenvalue weighted by Gasteiger charge is -2.11. The number of hydrogen-bond acceptors (Lipinski definition) is 5. The number of furan rings is 1. The third kappa shape index (κ3) is 2.96. The van der Waals surface area contributed by atoms with Gasteiger partial charge in [0, 0.05) is 10.4 Å². The topological polar surface area (TPSA) is 85.3 Å². The number of benzene rings is 1. The van der Waals surface area contributed by atoms with Crippen molar-refractivity contribution in [2.24, 2.45) is 0 Å². The van der Waals surface area contributed by atoms with Crippen LogP contribution in [0.5, 0.6) is 0 Å². The van der Waals surface area contributed by atoms with Crippen LogP contribution in [0.25, 0.3) is 21.6 Å². The number of hydrogen-bond donors (Lipinski definition) is 1. The fourth-order valence-corrected chi connectivity index (χ4v) is 4.04. The van der Waals surface area contributed by atoms with Crippen molar-refractivity contribution in [1.82, 2.24) is 9.55 Å². The van der Waals surface area contributed by atoms with Crippen LogP contribution in [0.1, 0.15) is 26.8 Å². The minimum Gasteiger partial charge on any atom is -0.475 e. The zero-order chi connectivity index (χ0) is 19.1. The van der Waals surface area contributed by atoms with E-state index in [4.69, 9.17) is 14.5 Å². The molecule has 136 valence electrons. The minimum atomic E-state index is -1.14. The van der Waals surface area contributed by atoms with E-state index in [1.807, 2.05) is 44.2 Å². The Kier molecular flexibility index (Phi) is 4.16. The van der Waals surface area contributed by atoms with Gasteiger partial charge in [-0.25, -0.2) is 9.78 Å². The van der Waals surface area contributed by atoms with Gasteiger partial charge in [0.25, 0.3) is 5.56 Å². The summed E-state index contributed by atoms with van der Waals surface area (Å²) in [4.78, 5) is 30.9. The van der Waals surface area contributed by atoms with Crippen molar-refractivity contribution >= 4 is 27.5 Å². The summed E-state index contributed by atoms with van der Waals surface area (Å²) in [7, 11) is 0. The van der Waals surface area contributed by atoms with Gasteiger partial charge in [-0.3, -0.25) is 9.36 Å². The number of carboxylic acids is 1. The number of nitrogens with zero attached hydrogens (tertiary/aromatic N) is 2. The molecule has 1 N–H and O–H groups in total. The Morgan fingerprint density at radius 2 is 1.93 bits per heavy atom. The molecule has 0 fully saturated rings. The summed E-state index contributed by atoms with van der Waals surface area (Å²) in [5.41, 5.74) is 1.57. The molecule has 7 heteroatoms. The maximum atomic E-state index is 13.3. The van der Waals surface area contributed by atoms with Crippen LogP contribution in [0.4, 0.5) is 0 Å². The smallest absolute Gasteiger partial charge is 0.371 e. The van der Waals surface area contributed by atoms with Crippen molar-refractivity contribution in [1.29, 1.82) is 0 Å². The van der Waals surface area contributed by atoms with Crippen LogP contribution in [0.2, 0.25) is 0 Å². The van der Waals surface area contributed by atoms with Crippen molar-refractivity contribution in [3.05, 3.63) is 74.8 Å². The number of rotatable bonds is 4. The van der Waals surface area contributed by atoms with Gasteiger partial charge in [0.1, 0.15) is 16.4 Å². The molecule has 0 aliphatic heterocycles. The molecule has 4 rings (SSSR count). The van der Waals surface area contributed by atoms with Crippen LogP contribution < -0.4 is 5.56 Å². The molecule has 0 radical (unpaired) electrons. The van der Waals surface area contributed by atoms with Crippen LogP contribution in [0.15, 0.2) is 51.7 Å². The van der Waals surface area contributed by atoms with Crippen molar-refractivity contribution in [2.45, 2.75) is 20.4 Å². The Labute approximate surface area is 158 Å². The fraction of sp³-hybridized carbons (Fsp3) is 0.150. The van der Waals surface area contributed by atoms with Crippen LogP contribution in [-0.4, -0.2) is 20.6 Å². The van der Waals surface area contributed by atoms with Gasteiger partial charge in [0.2, 0.25) is 5.76 Å².